The second-order valence-corrected chi connectivity index (χ2v) is 9.53. The highest BCUT2D eigenvalue weighted by atomic mass is 32.2. The lowest BCUT2D eigenvalue weighted by Crippen LogP contribution is -2.49. The number of hydroxylamine groups is 1. The number of fused-ring (bicyclic) bond motifs is 1. The van der Waals surface area contributed by atoms with Crippen LogP contribution in [0.1, 0.15) is 13.3 Å². The van der Waals surface area contributed by atoms with Gasteiger partial charge in [-0.1, -0.05) is 18.2 Å². The number of benzene rings is 2. The van der Waals surface area contributed by atoms with E-state index >= 15 is 0 Å². The maximum atomic E-state index is 12.1. The molecule has 9 heteroatoms. The number of carbonyl (C=O) groups is 1. The van der Waals surface area contributed by atoms with Gasteiger partial charge in [0, 0.05) is 24.4 Å². The van der Waals surface area contributed by atoms with Crippen molar-refractivity contribution < 1.29 is 23.2 Å². The second-order valence-electron chi connectivity index (χ2n) is 7.09. The lowest BCUT2D eigenvalue weighted by atomic mass is 10.0. The van der Waals surface area contributed by atoms with Crippen molar-refractivity contribution in [1.29, 1.82) is 0 Å². The van der Waals surface area contributed by atoms with Gasteiger partial charge in [0.25, 0.3) is 5.91 Å². The van der Waals surface area contributed by atoms with Gasteiger partial charge in [-0.3, -0.25) is 14.7 Å². The molecule has 0 bridgehead atoms. The molecule has 8 nitrogen and oxygen atoms in total. The maximum Gasteiger partial charge on any atom is 0.264 e. The Morgan fingerprint density at radius 2 is 1.86 bits per heavy atom. The number of rotatable bonds is 7. The summed E-state index contributed by atoms with van der Waals surface area (Å²) in [6.07, 6.45) is 2.75. The monoisotopic (exact) mass is 417 g/mol. The number of hydrogen-bond donors (Lipinski definition) is 2. The van der Waals surface area contributed by atoms with E-state index in [0.717, 1.165) is 34.0 Å². The molecule has 3 rings (SSSR count). The standard InChI is InChI=1S/C20H23N3O5S/c1-20(19(24)22-25,29(3,26)27)10-11-23-13-16-12-15(6-9-18(16)21-23)14-4-7-17(28-2)8-5-14/h4-9,12-13,25H,10-11H2,1-3H3,(H,22,24)/t20-/m1/s1. The molecule has 0 aliphatic carbocycles. The molecule has 0 aliphatic rings. The number of ether oxygens (including phenoxy) is 1. The molecule has 154 valence electrons. The van der Waals surface area contributed by atoms with E-state index in [1.165, 1.54) is 12.4 Å². The van der Waals surface area contributed by atoms with Crippen LogP contribution in [0, 0.1) is 0 Å². The van der Waals surface area contributed by atoms with E-state index in [1.54, 1.807) is 11.8 Å². The molecule has 1 aromatic heterocycles. The number of amides is 1. The van der Waals surface area contributed by atoms with E-state index in [1.807, 2.05) is 48.7 Å². The van der Waals surface area contributed by atoms with E-state index in [4.69, 9.17) is 9.94 Å². The lowest BCUT2D eigenvalue weighted by Gasteiger charge is -2.24. The second kappa shape index (κ2) is 7.84. The van der Waals surface area contributed by atoms with Crippen LogP contribution in [-0.2, 0) is 21.2 Å². The summed E-state index contributed by atoms with van der Waals surface area (Å²) in [5.74, 6) is -0.179. The molecule has 29 heavy (non-hydrogen) atoms. The number of aryl methyl sites for hydroxylation is 1. The van der Waals surface area contributed by atoms with Crippen molar-refractivity contribution in [2.24, 2.45) is 0 Å². The normalized spacial score (nSPS) is 13.8. The molecule has 0 saturated heterocycles. The summed E-state index contributed by atoms with van der Waals surface area (Å²) in [5, 5.41) is 14.3. The number of methoxy groups -OCH3 is 1. The van der Waals surface area contributed by atoms with Crippen LogP contribution in [0.3, 0.4) is 0 Å². The van der Waals surface area contributed by atoms with Gasteiger partial charge in [0.1, 0.15) is 5.75 Å². The van der Waals surface area contributed by atoms with E-state index < -0.39 is 20.5 Å². The van der Waals surface area contributed by atoms with Crippen molar-refractivity contribution in [3.63, 3.8) is 0 Å². The molecule has 2 aromatic carbocycles. The Kier molecular flexibility index (Phi) is 5.63. The Balaban J connectivity index is 1.85. The van der Waals surface area contributed by atoms with Crippen LogP contribution in [0.4, 0.5) is 0 Å². The first-order valence-electron chi connectivity index (χ1n) is 8.94. The fourth-order valence-electron chi connectivity index (χ4n) is 3.07. The van der Waals surface area contributed by atoms with Crippen LogP contribution in [0.25, 0.3) is 22.0 Å². The van der Waals surface area contributed by atoms with Crippen molar-refractivity contribution >= 4 is 26.6 Å². The zero-order valence-corrected chi connectivity index (χ0v) is 17.2. The maximum absolute atomic E-state index is 12.1. The number of hydrogen-bond acceptors (Lipinski definition) is 6. The van der Waals surface area contributed by atoms with Crippen molar-refractivity contribution in [3.05, 3.63) is 48.7 Å². The number of nitrogens with one attached hydrogen (secondary N) is 1. The molecule has 0 radical (unpaired) electrons. The third-order valence-corrected chi connectivity index (χ3v) is 7.22. The third kappa shape index (κ3) is 4.10. The molecule has 0 spiro atoms. The van der Waals surface area contributed by atoms with Crippen molar-refractivity contribution in [2.45, 2.75) is 24.6 Å². The van der Waals surface area contributed by atoms with Gasteiger partial charge in [0.15, 0.2) is 14.6 Å². The minimum absolute atomic E-state index is 0.0302. The summed E-state index contributed by atoms with van der Waals surface area (Å²) in [6, 6.07) is 13.6. The predicted octanol–water partition coefficient (Wildman–Crippen LogP) is 2.41. The van der Waals surface area contributed by atoms with Crippen LogP contribution in [0.15, 0.2) is 48.7 Å². The Hall–Kier alpha value is -2.91. The molecule has 0 fully saturated rings. The predicted molar refractivity (Wildman–Crippen MR) is 110 cm³/mol. The van der Waals surface area contributed by atoms with Gasteiger partial charge < -0.3 is 4.74 Å². The van der Waals surface area contributed by atoms with Gasteiger partial charge >= 0.3 is 0 Å². The molecule has 0 saturated carbocycles. The Labute approximate surface area is 169 Å². The van der Waals surface area contributed by atoms with Crippen molar-refractivity contribution in [3.8, 4) is 16.9 Å². The van der Waals surface area contributed by atoms with Crippen molar-refractivity contribution in [1.82, 2.24) is 15.3 Å². The van der Waals surface area contributed by atoms with Gasteiger partial charge in [-0.2, -0.15) is 5.10 Å². The SMILES string of the molecule is COc1ccc(-c2ccc3nn(CC[C@](C)(C(=O)NO)S(C)(=O)=O)cc3c2)cc1. The van der Waals surface area contributed by atoms with E-state index in [-0.39, 0.29) is 13.0 Å². The summed E-state index contributed by atoms with van der Waals surface area (Å²) in [6.45, 7) is 1.49. The van der Waals surface area contributed by atoms with Crippen LogP contribution in [0.5, 0.6) is 5.75 Å². The average Bonchev–Trinajstić information content (AvgIpc) is 3.12. The molecule has 1 atom stereocenters. The smallest absolute Gasteiger partial charge is 0.264 e. The number of sulfone groups is 1. The van der Waals surface area contributed by atoms with Crippen LogP contribution in [0.2, 0.25) is 0 Å². The average molecular weight is 417 g/mol. The summed E-state index contributed by atoms with van der Waals surface area (Å²) in [7, 11) is -2.13. The summed E-state index contributed by atoms with van der Waals surface area (Å²) in [5.41, 5.74) is 4.26. The molecule has 1 heterocycles. The summed E-state index contributed by atoms with van der Waals surface area (Å²) in [4.78, 5) is 11.9. The fraction of sp³-hybridized carbons (Fsp3) is 0.300. The number of carbonyl (C=O) groups excluding carboxylic acids is 1. The molecule has 0 unspecified atom stereocenters. The van der Waals surface area contributed by atoms with E-state index in [0.29, 0.717) is 0 Å². The molecule has 3 aromatic rings. The van der Waals surface area contributed by atoms with Crippen molar-refractivity contribution in [2.75, 3.05) is 13.4 Å². The zero-order valence-electron chi connectivity index (χ0n) is 16.4. The van der Waals surface area contributed by atoms with E-state index in [2.05, 4.69) is 5.10 Å². The lowest BCUT2D eigenvalue weighted by molar-refractivity contribution is -0.131. The highest BCUT2D eigenvalue weighted by Gasteiger charge is 2.43. The first kappa shape index (κ1) is 20.8. The Morgan fingerprint density at radius 3 is 2.45 bits per heavy atom. The first-order valence-corrected chi connectivity index (χ1v) is 10.8. The van der Waals surface area contributed by atoms with Crippen LogP contribution >= 0.6 is 0 Å². The Bertz CT molecular complexity index is 1140. The first-order chi connectivity index (χ1) is 13.7. The minimum atomic E-state index is -3.75. The van der Waals surface area contributed by atoms with Gasteiger partial charge in [0.05, 0.1) is 12.6 Å². The van der Waals surface area contributed by atoms with E-state index in [9.17, 15) is 13.2 Å². The molecule has 0 aliphatic heterocycles. The summed E-state index contributed by atoms with van der Waals surface area (Å²) < 4.78 is 29.2. The van der Waals surface area contributed by atoms with Gasteiger partial charge in [-0.15, -0.1) is 0 Å². The van der Waals surface area contributed by atoms with Gasteiger partial charge in [0.2, 0.25) is 0 Å². The highest BCUT2D eigenvalue weighted by Crippen LogP contribution is 2.27. The molecule has 1 amide bonds. The number of aromatic nitrogens is 2. The summed E-state index contributed by atoms with van der Waals surface area (Å²) >= 11 is 0. The molecular formula is C20H23N3O5S. The molecular weight excluding hydrogens is 394 g/mol. The van der Waals surface area contributed by atoms with Crippen LogP contribution < -0.4 is 10.2 Å². The molecule has 2 N–H and O–H groups in total. The van der Waals surface area contributed by atoms with Gasteiger partial charge in [-0.05, 0) is 48.7 Å². The Morgan fingerprint density at radius 1 is 1.21 bits per heavy atom. The fourth-order valence-corrected chi connectivity index (χ4v) is 3.91. The number of nitrogens with zero attached hydrogens (tertiary/aromatic N) is 2. The topological polar surface area (TPSA) is 111 Å². The van der Waals surface area contributed by atoms with Gasteiger partial charge in [-0.25, -0.2) is 13.9 Å². The van der Waals surface area contributed by atoms with Crippen LogP contribution in [-0.4, -0.2) is 47.4 Å². The minimum Gasteiger partial charge on any atom is -0.497 e. The largest absolute Gasteiger partial charge is 0.497 e. The quantitative estimate of drug-likeness (QED) is 0.451. The third-order valence-electron chi connectivity index (χ3n) is 5.19. The zero-order chi connectivity index (χ0) is 21.2. The highest BCUT2D eigenvalue weighted by molar-refractivity contribution is 7.92.